The summed E-state index contributed by atoms with van der Waals surface area (Å²) in [6.45, 7) is 6.82. The van der Waals surface area contributed by atoms with E-state index in [2.05, 4.69) is 63.2 Å². The molecule has 1 unspecified atom stereocenters. The van der Waals surface area contributed by atoms with Crippen molar-refractivity contribution in [2.24, 2.45) is 5.41 Å². The number of rotatable bonds is 4. The van der Waals surface area contributed by atoms with Crippen molar-refractivity contribution in [1.29, 1.82) is 0 Å². The Morgan fingerprint density at radius 2 is 1.73 bits per heavy atom. The Hall–Kier alpha value is -0.937. The average Bonchev–Trinajstić information content (AvgIpc) is 3.20. The van der Waals surface area contributed by atoms with E-state index in [4.69, 9.17) is 0 Å². The zero-order valence-electron chi connectivity index (χ0n) is 16.4. The van der Waals surface area contributed by atoms with Crippen molar-refractivity contribution in [3.05, 3.63) is 64.2 Å². The summed E-state index contributed by atoms with van der Waals surface area (Å²) in [5.41, 5.74) is 10.9. The Kier molecular flexibility index (Phi) is 5.13. The van der Waals surface area contributed by atoms with Crippen LogP contribution in [0.5, 0.6) is 0 Å². The number of hydrogen-bond donors (Lipinski definition) is 0. The normalized spacial score (nSPS) is 20.8. The molecule has 1 atom stereocenters. The summed E-state index contributed by atoms with van der Waals surface area (Å²) in [5.74, 6) is 0. The second-order valence-electron chi connectivity index (χ2n) is 8.57. The molecule has 0 amide bonds. The fourth-order valence-corrected chi connectivity index (χ4v) is 6.29. The first kappa shape index (κ1) is 18.4. The van der Waals surface area contributed by atoms with Crippen LogP contribution in [-0.2, 0) is 24.7 Å². The molecule has 1 fully saturated rings. The molecule has 2 aromatic carbocycles. The van der Waals surface area contributed by atoms with Crippen LogP contribution in [0.15, 0.2) is 42.0 Å². The van der Waals surface area contributed by atoms with Crippen LogP contribution in [0.4, 0.5) is 0 Å². The molecule has 0 bridgehead atoms. The van der Waals surface area contributed by atoms with Gasteiger partial charge in [-0.3, -0.25) is 0 Å². The van der Waals surface area contributed by atoms with E-state index in [0.29, 0.717) is 9.04 Å². The Morgan fingerprint density at radius 1 is 1.04 bits per heavy atom. The fraction of sp³-hybridized carbons (Fsp3) is 0.440. The van der Waals surface area contributed by atoms with Gasteiger partial charge in [0, 0.05) is 0 Å². The summed E-state index contributed by atoms with van der Waals surface area (Å²) in [6, 6.07) is 13.9. The summed E-state index contributed by atoms with van der Waals surface area (Å²) >= 11 is 1.64. The van der Waals surface area contributed by atoms with Gasteiger partial charge in [0.05, 0.1) is 0 Å². The zero-order chi connectivity index (χ0) is 18.3. The molecule has 0 heterocycles. The van der Waals surface area contributed by atoms with Crippen molar-refractivity contribution in [2.45, 2.75) is 62.9 Å². The van der Waals surface area contributed by atoms with E-state index < -0.39 is 0 Å². The molecular formula is C25H29Zr. The van der Waals surface area contributed by atoms with Gasteiger partial charge in [-0.15, -0.1) is 0 Å². The molecular weight excluding hydrogens is 391 g/mol. The van der Waals surface area contributed by atoms with Crippen LogP contribution >= 0.6 is 0 Å². The molecule has 1 saturated carbocycles. The van der Waals surface area contributed by atoms with E-state index >= 15 is 0 Å². The predicted molar refractivity (Wildman–Crippen MR) is 108 cm³/mol. The molecule has 133 valence electrons. The van der Waals surface area contributed by atoms with Gasteiger partial charge in [-0.25, -0.2) is 0 Å². The Labute approximate surface area is 174 Å². The van der Waals surface area contributed by atoms with Crippen molar-refractivity contribution in [2.75, 3.05) is 0 Å². The zero-order valence-corrected chi connectivity index (χ0v) is 18.8. The molecule has 2 aliphatic carbocycles. The standard InChI is InChI=1S/C25H29.Zr/c1-4-25(10-5-6-11-25)17-20-15-21-8-7-9-23(24(21)16-20)22-13-18(2)12-19(3)14-22;/h7-9,12-16H,4-6,10-11,17H2,1-3H3;. The van der Waals surface area contributed by atoms with Gasteiger partial charge in [-0.05, 0) is 0 Å². The van der Waals surface area contributed by atoms with E-state index in [9.17, 15) is 0 Å². The summed E-state index contributed by atoms with van der Waals surface area (Å²) in [4.78, 5) is 0. The third-order valence-corrected chi connectivity index (χ3v) is 8.35. The van der Waals surface area contributed by atoms with Crippen LogP contribution in [0.2, 0.25) is 0 Å². The Balaban J connectivity index is 1.74. The molecule has 26 heavy (non-hydrogen) atoms. The molecule has 0 nitrogen and oxygen atoms in total. The molecule has 1 heteroatoms. The van der Waals surface area contributed by atoms with Gasteiger partial charge in [0.2, 0.25) is 0 Å². The molecule has 2 aromatic rings. The maximum atomic E-state index is 2.57. The van der Waals surface area contributed by atoms with Crippen LogP contribution in [-0.4, -0.2) is 0 Å². The molecule has 0 aliphatic heterocycles. The molecule has 0 N–H and O–H groups in total. The van der Waals surface area contributed by atoms with Crippen molar-refractivity contribution in [3.8, 4) is 11.1 Å². The van der Waals surface area contributed by atoms with E-state index in [-0.39, 0.29) is 0 Å². The number of allylic oxidation sites excluding steroid dienone is 1. The molecule has 4 rings (SSSR count). The van der Waals surface area contributed by atoms with Crippen molar-refractivity contribution in [3.63, 3.8) is 0 Å². The second kappa shape index (κ2) is 7.23. The van der Waals surface area contributed by atoms with Crippen LogP contribution in [0.1, 0.15) is 71.3 Å². The number of hydrogen-bond acceptors (Lipinski definition) is 0. The van der Waals surface area contributed by atoms with Gasteiger partial charge in [-0.2, -0.15) is 0 Å². The van der Waals surface area contributed by atoms with E-state index in [1.807, 2.05) is 0 Å². The first-order chi connectivity index (χ1) is 12.5. The first-order valence-corrected chi connectivity index (χ1v) is 11.6. The van der Waals surface area contributed by atoms with Crippen LogP contribution in [0, 0.1) is 19.3 Å². The first-order valence-electron chi connectivity index (χ1n) is 10.1. The van der Waals surface area contributed by atoms with Gasteiger partial charge in [-0.1, -0.05) is 0 Å². The van der Waals surface area contributed by atoms with Crippen LogP contribution in [0.25, 0.3) is 17.2 Å². The summed E-state index contributed by atoms with van der Waals surface area (Å²) in [5, 5.41) is 0. The van der Waals surface area contributed by atoms with E-state index in [1.54, 1.807) is 35.9 Å². The minimum atomic E-state index is 0.586. The van der Waals surface area contributed by atoms with E-state index in [0.717, 1.165) is 0 Å². The second-order valence-corrected chi connectivity index (χ2v) is 9.99. The van der Waals surface area contributed by atoms with E-state index in [1.165, 1.54) is 66.3 Å². The average molecular weight is 421 g/mol. The summed E-state index contributed by atoms with van der Waals surface area (Å²) < 4.78 is 0.659. The van der Waals surface area contributed by atoms with Gasteiger partial charge < -0.3 is 0 Å². The van der Waals surface area contributed by atoms with Crippen LogP contribution < -0.4 is 0 Å². The number of benzene rings is 2. The van der Waals surface area contributed by atoms with Crippen molar-refractivity contribution >= 4 is 6.08 Å². The van der Waals surface area contributed by atoms with Gasteiger partial charge >= 0.3 is 174 Å². The third-order valence-electron chi connectivity index (χ3n) is 6.68. The molecule has 2 aliphatic rings. The maximum absolute atomic E-state index is 2.57. The fourth-order valence-electron chi connectivity index (χ4n) is 5.21. The van der Waals surface area contributed by atoms with Crippen molar-refractivity contribution < 1.29 is 24.7 Å². The topological polar surface area (TPSA) is 0 Å². The van der Waals surface area contributed by atoms with Gasteiger partial charge in [0.1, 0.15) is 0 Å². The number of fused-ring (bicyclic) bond motifs is 1. The summed E-state index contributed by atoms with van der Waals surface area (Å²) in [6.07, 6.45) is 11.0. The predicted octanol–water partition coefficient (Wildman–Crippen LogP) is 7.32. The summed E-state index contributed by atoms with van der Waals surface area (Å²) in [7, 11) is 0. The third kappa shape index (κ3) is 3.33. The molecule has 0 radical (unpaired) electrons. The monoisotopic (exact) mass is 419 g/mol. The Morgan fingerprint density at radius 3 is 2.38 bits per heavy atom. The van der Waals surface area contributed by atoms with Crippen LogP contribution in [0.3, 0.4) is 0 Å². The molecule has 0 aromatic heterocycles. The minimum absolute atomic E-state index is 0.586. The van der Waals surface area contributed by atoms with Crippen molar-refractivity contribution in [1.82, 2.24) is 0 Å². The SMILES string of the molecule is CCC1(CC2=Cc3c(-c4cc(C)cc(C)c4)cccc3[CH]2[Zr])CCCC1. The number of aryl methyl sites for hydroxylation is 2. The Bertz CT molecular complexity index is 832. The molecule has 0 saturated heterocycles. The van der Waals surface area contributed by atoms with Gasteiger partial charge in [0.25, 0.3) is 0 Å². The van der Waals surface area contributed by atoms with Gasteiger partial charge in [0.15, 0.2) is 0 Å². The molecule has 0 spiro atoms. The quantitative estimate of drug-likeness (QED) is 0.486.